The number of ether oxygens (including phenoxy) is 3. The minimum Gasteiger partial charge on any atom is -0.378 e. The summed E-state index contributed by atoms with van der Waals surface area (Å²) in [4.78, 5) is 2.36. The Labute approximate surface area is 143 Å². The summed E-state index contributed by atoms with van der Waals surface area (Å²) in [6, 6.07) is 6.21. The van der Waals surface area contributed by atoms with Gasteiger partial charge >= 0.3 is 0 Å². The highest BCUT2D eigenvalue weighted by Crippen LogP contribution is 2.02. The zero-order chi connectivity index (χ0) is 16.6. The number of benzene rings is 1. The van der Waals surface area contributed by atoms with Crippen LogP contribution in [0.25, 0.3) is 6.58 Å². The molecule has 2 aliphatic rings. The Kier molecular flexibility index (Phi) is 6.60. The van der Waals surface area contributed by atoms with Gasteiger partial charge in [0.25, 0.3) is 0 Å². The lowest BCUT2D eigenvalue weighted by Gasteiger charge is -2.22. The summed E-state index contributed by atoms with van der Waals surface area (Å²) in [5.41, 5.74) is 1.20. The minimum absolute atomic E-state index is 0.626. The van der Waals surface area contributed by atoms with Crippen molar-refractivity contribution in [3.05, 3.63) is 34.3 Å². The molecule has 0 aromatic heterocycles. The molecule has 2 aliphatic heterocycles. The summed E-state index contributed by atoms with van der Waals surface area (Å²) >= 11 is 0. The third kappa shape index (κ3) is 5.01. The molecule has 3 rings (SSSR count). The number of fused-ring (bicyclic) bond motifs is 2. The van der Waals surface area contributed by atoms with Crippen LogP contribution in [0.4, 0.5) is 0 Å². The summed E-state index contributed by atoms with van der Waals surface area (Å²) in [5, 5.41) is 8.85. The van der Waals surface area contributed by atoms with Crippen molar-refractivity contribution < 1.29 is 14.2 Å². The first-order chi connectivity index (χ1) is 11.8. The molecular formula is C18H27N3O3. The molecule has 0 N–H and O–H groups in total. The van der Waals surface area contributed by atoms with Crippen LogP contribution in [-0.2, 0) is 20.8 Å². The van der Waals surface area contributed by atoms with Gasteiger partial charge < -0.3 is 14.2 Å². The van der Waals surface area contributed by atoms with Crippen LogP contribution in [0.2, 0.25) is 0 Å². The molecule has 0 saturated heterocycles. The largest absolute Gasteiger partial charge is 0.378 e. The van der Waals surface area contributed by atoms with Gasteiger partial charge in [-0.2, -0.15) is 5.10 Å². The second kappa shape index (κ2) is 9.13. The molecule has 1 unspecified atom stereocenters. The predicted molar refractivity (Wildman–Crippen MR) is 92.1 cm³/mol. The van der Waals surface area contributed by atoms with Crippen molar-refractivity contribution in [3.63, 3.8) is 0 Å². The fraction of sp³-hybridized carbons (Fsp3) is 0.611. The van der Waals surface area contributed by atoms with Crippen LogP contribution in [0, 0.1) is 0 Å². The Hall–Kier alpha value is -1.47. The van der Waals surface area contributed by atoms with Gasteiger partial charge in [0.05, 0.1) is 58.1 Å². The van der Waals surface area contributed by atoms with E-state index >= 15 is 0 Å². The molecule has 2 heterocycles. The van der Waals surface area contributed by atoms with Gasteiger partial charge in [-0.25, -0.2) is 0 Å². The first kappa shape index (κ1) is 17.4. The second-order valence-electron chi connectivity index (χ2n) is 6.09. The molecule has 0 spiro atoms. The Bertz CT molecular complexity index is 622. The molecule has 1 atom stereocenters. The van der Waals surface area contributed by atoms with Gasteiger partial charge in [-0.1, -0.05) is 24.8 Å². The van der Waals surface area contributed by atoms with Gasteiger partial charge in [-0.15, -0.1) is 0 Å². The molecule has 132 valence electrons. The van der Waals surface area contributed by atoms with Gasteiger partial charge in [0.2, 0.25) is 0 Å². The molecule has 6 heteroatoms. The van der Waals surface area contributed by atoms with E-state index in [-0.39, 0.29) is 0 Å². The predicted octanol–water partition coefficient (Wildman–Crippen LogP) is -0.187. The Balaban J connectivity index is 1.96. The summed E-state index contributed by atoms with van der Waals surface area (Å²) in [6.45, 7) is 12.3. The first-order valence-electron chi connectivity index (χ1n) is 8.69. The monoisotopic (exact) mass is 333 g/mol. The van der Waals surface area contributed by atoms with E-state index in [1.165, 1.54) is 5.56 Å². The standard InChI is InChI=1S/C18H27N3O3/c1-16-3-2-4-17-15-20-5-9-22-11-7-21(19-18(16)17)8-12-24-14-13-23-10-6-20/h2-4H,1,5-15H2/b19-18-. The summed E-state index contributed by atoms with van der Waals surface area (Å²) in [5.74, 6) is 0. The lowest BCUT2D eigenvalue weighted by Crippen LogP contribution is -2.37. The van der Waals surface area contributed by atoms with Gasteiger partial charge in [-0.3, -0.25) is 9.91 Å². The quantitative estimate of drug-likeness (QED) is 0.659. The molecule has 0 fully saturated rings. The number of nitrogens with zero attached hydrogens (tertiary/aromatic N) is 3. The maximum atomic E-state index is 5.79. The number of hydrogen-bond acceptors (Lipinski definition) is 6. The van der Waals surface area contributed by atoms with E-state index in [0.717, 1.165) is 49.9 Å². The smallest absolute Gasteiger partial charge is 0.0942 e. The van der Waals surface area contributed by atoms with Gasteiger partial charge in [0, 0.05) is 19.6 Å². The molecule has 0 radical (unpaired) electrons. The van der Waals surface area contributed by atoms with Crippen molar-refractivity contribution in [2.24, 2.45) is 5.10 Å². The average molecular weight is 333 g/mol. The van der Waals surface area contributed by atoms with Gasteiger partial charge in [-0.05, 0) is 10.8 Å². The topological polar surface area (TPSA) is 46.5 Å². The second-order valence-corrected chi connectivity index (χ2v) is 6.09. The molecular weight excluding hydrogens is 306 g/mol. The van der Waals surface area contributed by atoms with Crippen molar-refractivity contribution in [1.82, 2.24) is 9.91 Å². The van der Waals surface area contributed by atoms with Crippen molar-refractivity contribution >= 4 is 6.58 Å². The molecule has 6 nitrogen and oxygen atoms in total. The Morgan fingerprint density at radius 3 is 2.17 bits per heavy atom. The van der Waals surface area contributed by atoms with Crippen LogP contribution < -0.4 is 10.6 Å². The molecule has 2 bridgehead atoms. The van der Waals surface area contributed by atoms with E-state index in [1.54, 1.807) is 0 Å². The fourth-order valence-corrected chi connectivity index (χ4v) is 2.92. The molecule has 0 aliphatic carbocycles. The third-order valence-corrected chi connectivity index (χ3v) is 4.30. The number of rotatable bonds is 0. The van der Waals surface area contributed by atoms with Crippen molar-refractivity contribution in [3.8, 4) is 0 Å². The molecule has 1 aromatic rings. The van der Waals surface area contributed by atoms with E-state index in [2.05, 4.69) is 23.6 Å². The highest BCUT2D eigenvalue weighted by Gasteiger charge is 2.12. The Morgan fingerprint density at radius 2 is 1.46 bits per heavy atom. The van der Waals surface area contributed by atoms with Gasteiger partial charge in [0.1, 0.15) is 0 Å². The van der Waals surface area contributed by atoms with E-state index in [4.69, 9.17) is 19.3 Å². The molecule has 24 heavy (non-hydrogen) atoms. The van der Waals surface area contributed by atoms with Crippen molar-refractivity contribution in [2.75, 3.05) is 65.8 Å². The highest BCUT2D eigenvalue weighted by atomic mass is 16.5. The number of hydrogen-bond donors (Lipinski definition) is 0. The summed E-state index contributed by atoms with van der Waals surface area (Å²) < 4.78 is 17.1. The summed E-state index contributed by atoms with van der Waals surface area (Å²) in [6.07, 6.45) is 0. The van der Waals surface area contributed by atoms with Crippen LogP contribution in [0.1, 0.15) is 5.56 Å². The van der Waals surface area contributed by atoms with Crippen molar-refractivity contribution in [2.45, 2.75) is 6.54 Å². The lowest BCUT2D eigenvalue weighted by atomic mass is 10.1. The average Bonchev–Trinajstić information content (AvgIpc) is 2.62. The SMILES string of the molecule is C=c1cccc2/c1=N\N1CCOCCOCCN(CCOCC1)C2. The van der Waals surface area contributed by atoms with Crippen LogP contribution >= 0.6 is 0 Å². The first-order valence-corrected chi connectivity index (χ1v) is 8.69. The van der Waals surface area contributed by atoms with Crippen LogP contribution in [-0.4, -0.2) is 75.7 Å². The summed E-state index contributed by atoms with van der Waals surface area (Å²) in [7, 11) is 0. The maximum absolute atomic E-state index is 5.79. The minimum atomic E-state index is 0.626. The van der Waals surface area contributed by atoms with E-state index < -0.39 is 0 Å². The van der Waals surface area contributed by atoms with Gasteiger partial charge in [0.15, 0.2) is 0 Å². The third-order valence-electron chi connectivity index (χ3n) is 4.30. The normalized spacial score (nSPS) is 25.4. The van der Waals surface area contributed by atoms with Crippen LogP contribution in [0.15, 0.2) is 23.3 Å². The highest BCUT2D eigenvalue weighted by molar-refractivity contribution is 5.19. The van der Waals surface area contributed by atoms with Crippen molar-refractivity contribution in [1.29, 1.82) is 0 Å². The van der Waals surface area contributed by atoms with E-state index in [0.29, 0.717) is 33.0 Å². The van der Waals surface area contributed by atoms with Crippen LogP contribution in [0.5, 0.6) is 0 Å². The zero-order valence-electron chi connectivity index (χ0n) is 14.3. The molecule has 0 saturated carbocycles. The Morgan fingerprint density at radius 1 is 0.833 bits per heavy atom. The lowest BCUT2D eigenvalue weighted by molar-refractivity contribution is 0.0307. The van der Waals surface area contributed by atoms with E-state index in [9.17, 15) is 0 Å². The fourth-order valence-electron chi connectivity index (χ4n) is 2.92. The maximum Gasteiger partial charge on any atom is 0.0942 e. The van der Waals surface area contributed by atoms with E-state index in [1.807, 2.05) is 11.1 Å². The molecule has 0 amide bonds. The van der Waals surface area contributed by atoms with Crippen LogP contribution in [0.3, 0.4) is 0 Å². The molecule has 1 aromatic carbocycles. The zero-order valence-corrected chi connectivity index (χ0v) is 14.3.